The van der Waals surface area contributed by atoms with E-state index < -0.39 is 0 Å². The maximum Gasteiger partial charge on any atom is 0.0785 e. The molecule has 0 aliphatic carbocycles. The Morgan fingerprint density at radius 2 is 1.52 bits per heavy atom. The smallest absolute Gasteiger partial charge is 0.0785 e. The van der Waals surface area contributed by atoms with Gasteiger partial charge in [-0.05, 0) is 31.2 Å². The summed E-state index contributed by atoms with van der Waals surface area (Å²) < 4.78 is 0. The van der Waals surface area contributed by atoms with Crippen LogP contribution in [0.3, 0.4) is 0 Å². The van der Waals surface area contributed by atoms with Gasteiger partial charge in [-0.2, -0.15) is 5.10 Å². The largest absolute Gasteiger partial charge is 0.278 e. The monoisotopic (exact) mass is 380 g/mol. The van der Waals surface area contributed by atoms with E-state index in [-0.39, 0.29) is 0 Å². The highest BCUT2D eigenvalue weighted by atomic mass is 35.5. The van der Waals surface area contributed by atoms with Gasteiger partial charge in [0, 0.05) is 5.56 Å². The van der Waals surface area contributed by atoms with Gasteiger partial charge in [0.05, 0.1) is 36.5 Å². The first-order valence-electron chi connectivity index (χ1n) is 5.79. The van der Waals surface area contributed by atoms with Crippen LogP contribution in [0.15, 0.2) is 35.4 Å². The second kappa shape index (κ2) is 7.08. The van der Waals surface area contributed by atoms with Crippen LogP contribution in [0.5, 0.6) is 0 Å². The topological polar surface area (TPSA) is 24.4 Å². The third-order valence-electron chi connectivity index (χ3n) is 2.70. The zero-order valence-electron chi connectivity index (χ0n) is 10.7. The van der Waals surface area contributed by atoms with Crippen LogP contribution < -0.4 is 5.43 Å². The summed E-state index contributed by atoms with van der Waals surface area (Å²) in [7, 11) is 0. The third-order valence-corrected chi connectivity index (χ3v) is 4.73. The van der Waals surface area contributed by atoms with E-state index in [1.807, 2.05) is 0 Å². The number of benzene rings is 2. The minimum Gasteiger partial charge on any atom is -0.278 e. The number of rotatable bonds is 3. The lowest BCUT2D eigenvalue weighted by molar-refractivity contribution is 1.32. The molecule has 0 amide bonds. The summed E-state index contributed by atoms with van der Waals surface area (Å²) in [5, 5.41) is 6.24. The van der Waals surface area contributed by atoms with Crippen LogP contribution >= 0.6 is 58.0 Å². The van der Waals surface area contributed by atoms with Crippen molar-refractivity contribution in [2.45, 2.75) is 6.92 Å². The SMILES string of the molecule is CC(=NNc1ccc(Cl)c(Cl)c1)c1ccc(Cl)c(Cl)c1Cl. The molecule has 0 heterocycles. The zero-order chi connectivity index (χ0) is 15.6. The Morgan fingerprint density at radius 3 is 2.19 bits per heavy atom. The highest BCUT2D eigenvalue weighted by Crippen LogP contribution is 2.33. The molecule has 0 saturated heterocycles. The predicted molar refractivity (Wildman–Crippen MR) is 93.8 cm³/mol. The Balaban J connectivity index is 2.25. The van der Waals surface area contributed by atoms with Gasteiger partial charge < -0.3 is 0 Å². The van der Waals surface area contributed by atoms with Gasteiger partial charge in [0.15, 0.2) is 0 Å². The van der Waals surface area contributed by atoms with E-state index in [2.05, 4.69) is 10.5 Å². The van der Waals surface area contributed by atoms with Crippen molar-refractivity contribution in [3.05, 3.63) is 61.0 Å². The van der Waals surface area contributed by atoms with Gasteiger partial charge in [-0.15, -0.1) is 0 Å². The van der Waals surface area contributed by atoms with E-state index in [0.29, 0.717) is 42.1 Å². The normalized spacial score (nSPS) is 11.6. The third kappa shape index (κ3) is 3.97. The van der Waals surface area contributed by atoms with Crippen molar-refractivity contribution in [2.24, 2.45) is 5.10 Å². The highest BCUT2D eigenvalue weighted by Gasteiger charge is 2.11. The first-order valence-corrected chi connectivity index (χ1v) is 7.68. The molecule has 110 valence electrons. The van der Waals surface area contributed by atoms with Crippen molar-refractivity contribution in [2.75, 3.05) is 5.43 Å². The molecule has 1 N–H and O–H groups in total. The number of hydrogen-bond acceptors (Lipinski definition) is 2. The van der Waals surface area contributed by atoms with E-state index in [1.165, 1.54) is 0 Å². The van der Waals surface area contributed by atoms with Crippen LogP contribution in [-0.4, -0.2) is 5.71 Å². The van der Waals surface area contributed by atoms with Gasteiger partial charge >= 0.3 is 0 Å². The van der Waals surface area contributed by atoms with E-state index in [4.69, 9.17) is 58.0 Å². The second-order valence-corrected chi connectivity index (χ2v) is 6.14. The summed E-state index contributed by atoms with van der Waals surface area (Å²) in [6, 6.07) is 8.55. The minimum atomic E-state index is 0.305. The van der Waals surface area contributed by atoms with Crippen molar-refractivity contribution in [1.82, 2.24) is 0 Å². The molecular formula is C14H9Cl5N2. The van der Waals surface area contributed by atoms with Crippen molar-refractivity contribution >= 4 is 69.4 Å². The van der Waals surface area contributed by atoms with E-state index >= 15 is 0 Å². The molecule has 0 unspecified atom stereocenters. The minimum absolute atomic E-state index is 0.305. The first kappa shape index (κ1) is 16.7. The maximum atomic E-state index is 6.16. The molecule has 0 fully saturated rings. The fourth-order valence-electron chi connectivity index (χ4n) is 1.58. The number of hydrazone groups is 1. The van der Waals surface area contributed by atoms with Crippen LogP contribution in [0.25, 0.3) is 0 Å². The Morgan fingerprint density at radius 1 is 0.857 bits per heavy atom. The van der Waals surface area contributed by atoms with E-state index in [1.54, 1.807) is 37.3 Å². The van der Waals surface area contributed by atoms with Gasteiger partial charge in [-0.3, -0.25) is 5.43 Å². The average molecular weight is 383 g/mol. The van der Waals surface area contributed by atoms with Crippen LogP contribution in [0, 0.1) is 0 Å². The number of nitrogens with zero attached hydrogens (tertiary/aromatic N) is 1. The Bertz CT molecular complexity index is 713. The zero-order valence-corrected chi connectivity index (χ0v) is 14.5. The van der Waals surface area contributed by atoms with E-state index in [9.17, 15) is 0 Å². The molecule has 0 aliphatic heterocycles. The number of anilines is 1. The first-order chi connectivity index (χ1) is 9.90. The molecule has 0 atom stereocenters. The molecule has 0 radical (unpaired) electrons. The van der Waals surface area contributed by atoms with Gasteiger partial charge in [0.2, 0.25) is 0 Å². The number of hydrogen-bond donors (Lipinski definition) is 1. The lowest BCUT2D eigenvalue weighted by atomic mass is 10.1. The van der Waals surface area contributed by atoms with Gasteiger partial charge in [-0.1, -0.05) is 64.1 Å². The predicted octanol–water partition coefficient (Wildman–Crippen LogP) is 6.79. The van der Waals surface area contributed by atoms with Crippen molar-refractivity contribution in [3.63, 3.8) is 0 Å². The fourth-order valence-corrected chi connectivity index (χ4v) is 2.55. The van der Waals surface area contributed by atoms with Crippen molar-refractivity contribution < 1.29 is 0 Å². The van der Waals surface area contributed by atoms with Gasteiger partial charge in [0.1, 0.15) is 0 Å². The molecule has 0 aliphatic rings. The van der Waals surface area contributed by atoms with Crippen molar-refractivity contribution in [1.29, 1.82) is 0 Å². The van der Waals surface area contributed by atoms with Crippen LogP contribution in [0.4, 0.5) is 5.69 Å². The molecule has 0 aromatic heterocycles. The van der Waals surface area contributed by atoms with Gasteiger partial charge in [0.25, 0.3) is 0 Å². The Hall–Kier alpha value is -0.640. The molecule has 7 heteroatoms. The lowest BCUT2D eigenvalue weighted by Gasteiger charge is -2.08. The molecule has 0 saturated carbocycles. The molecule has 2 aromatic carbocycles. The summed E-state index contributed by atoms with van der Waals surface area (Å²) in [5.41, 5.74) is 4.94. The maximum absolute atomic E-state index is 6.16. The summed E-state index contributed by atoms with van der Waals surface area (Å²) in [5.74, 6) is 0. The Kier molecular flexibility index (Phi) is 5.64. The quantitative estimate of drug-likeness (QED) is 0.353. The highest BCUT2D eigenvalue weighted by molar-refractivity contribution is 6.49. The van der Waals surface area contributed by atoms with Crippen LogP contribution in [-0.2, 0) is 0 Å². The molecule has 2 rings (SSSR count). The van der Waals surface area contributed by atoms with E-state index in [0.717, 1.165) is 0 Å². The molecule has 0 spiro atoms. The molecule has 2 aromatic rings. The molecular weight excluding hydrogens is 373 g/mol. The average Bonchev–Trinajstić information content (AvgIpc) is 2.46. The summed E-state index contributed by atoms with van der Waals surface area (Å²) >= 11 is 29.9. The molecule has 2 nitrogen and oxygen atoms in total. The number of halogens is 5. The van der Waals surface area contributed by atoms with Crippen LogP contribution in [0.2, 0.25) is 25.1 Å². The standard InChI is InChI=1S/C14H9Cl5N2/c1-7(9-3-5-11(16)14(19)13(9)18)20-21-8-2-4-10(15)12(17)6-8/h2-6,21H,1H3. The summed E-state index contributed by atoms with van der Waals surface area (Å²) in [6.07, 6.45) is 0. The molecule has 21 heavy (non-hydrogen) atoms. The second-order valence-electron chi connectivity index (χ2n) is 4.16. The van der Waals surface area contributed by atoms with Crippen molar-refractivity contribution in [3.8, 4) is 0 Å². The summed E-state index contributed by atoms with van der Waals surface area (Å²) in [4.78, 5) is 0. The van der Waals surface area contributed by atoms with Crippen LogP contribution in [0.1, 0.15) is 12.5 Å². The lowest BCUT2D eigenvalue weighted by Crippen LogP contribution is -2.01. The molecule has 0 bridgehead atoms. The van der Waals surface area contributed by atoms with Gasteiger partial charge in [-0.25, -0.2) is 0 Å². The Labute approximate surface area is 147 Å². The summed E-state index contributed by atoms with van der Waals surface area (Å²) in [6.45, 7) is 1.80. The number of nitrogens with one attached hydrogen (secondary N) is 1. The fraction of sp³-hybridized carbons (Fsp3) is 0.0714.